The Bertz CT molecular complexity index is 421. The molecule has 18 heavy (non-hydrogen) atoms. The van der Waals surface area contributed by atoms with Gasteiger partial charge in [0.05, 0.1) is 11.9 Å². The molecular formula is C14H20FN3. The lowest BCUT2D eigenvalue weighted by molar-refractivity contribution is 0.238. The molecule has 1 saturated heterocycles. The second kappa shape index (κ2) is 4.50. The van der Waals surface area contributed by atoms with Crippen LogP contribution in [0.15, 0.2) is 18.5 Å². The van der Waals surface area contributed by atoms with Gasteiger partial charge in [0.15, 0.2) is 5.82 Å². The zero-order valence-corrected chi connectivity index (χ0v) is 11.0. The molecule has 0 amide bonds. The molecule has 0 aromatic carbocycles. The summed E-state index contributed by atoms with van der Waals surface area (Å²) in [7, 11) is 4.26. The standard InChI is InChI=1S/C14H20FN3/c1-17(2)14-9-18(8-11(14)10-3-4-10)13-5-6-16-7-12(13)15/h5-7,10-11,14H,3-4,8-9H2,1-2H3/t11-,14+/m1/s1. The van der Waals surface area contributed by atoms with Gasteiger partial charge in [0.2, 0.25) is 0 Å². The zero-order chi connectivity index (χ0) is 12.7. The molecule has 1 aromatic rings. The maximum Gasteiger partial charge on any atom is 0.164 e. The molecule has 3 nitrogen and oxygen atoms in total. The summed E-state index contributed by atoms with van der Waals surface area (Å²) in [4.78, 5) is 8.30. The zero-order valence-electron chi connectivity index (χ0n) is 11.0. The van der Waals surface area contributed by atoms with Crippen molar-refractivity contribution in [2.45, 2.75) is 18.9 Å². The van der Waals surface area contributed by atoms with Gasteiger partial charge in [-0.05, 0) is 44.8 Å². The third-order valence-electron chi connectivity index (χ3n) is 4.32. The van der Waals surface area contributed by atoms with Crippen LogP contribution in [0.1, 0.15) is 12.8 Å². The van der Waals surface area contributed by atoms with E-state index in [4.69, 9.17) is 0 Å². The minimum atomic E-state index is -0.202. The van der Waals surface area contributed by atoms with Crippen molar-refractivity contribution in [3.63, 3.8) is 0 Å². The summed E-state index contributed by atoms with van der Waals surface area (Å²) in [6.07, 6.45) is 5.68. The largest absolute Gasteiger partial charge is 0.367 e. The molecule has 0 radical (unpaired) electrons. The number of halogens is 1. The van der Waals surface area contributed by atoms with Gasteiger partial charge >= 0.3 is 0 Å². The van der Waals surface area contributed by atoms with Crippen LogP contribution < -0.4 is 4.90 Å². The van der Waals surface area contributed by atoms with Gasteiger partial charge in [0, 0.05) is 25.3 Å². The average Bonchev–Trinajstić information content (AvgIpc) is 3.09. The fourth-order valence-corrected chi connectivity index (χ4v) is 3.17. The molecule has 1 aliphatic heterocycles. The molecule has 0 bridgehead atoms. The van der Waals surface area contributed by atoms with Crippen molar-refractivity contribution in [3.05, 3.63) is 24.3 Å². The maximum absolute atomic E-state index is 13.8. The van der Waals surface area contributed by atoms with Crippen LogP contribution >= 0.6 is 0 Å². The van der Waals surface area contributed by atoms with E-state index in [1.807, 2.05) is 0 Å². The number of aromatic nitrogens is 1. The van der Waals surface area contributed by atoms with Crippen LogP contribution in [0, 0.1) is 17.7 Å². The van der Waals surface area contributed by atoms with Crippen LogP contribution in [0.4, 0.5) is 10.1 Å². The van der Waals surface area contributed by atoms with Gasteiger partial charge < -0.3 is 9.80 Å². The smallest absolute Gasteiger partial charge is 0.164 e. The summed E-state index contributed by atoms with van der Waals surface area (Å²) in [5, 5.41) is 0. The maximum atomic E-state index is 13.8. The predicted molar refractivity (Wildman–Crippen MR) is 70.1 cm³/mol. The molecule has 2 heterocycles. The highest BCUT2D eigenvalue weighted by Crippen LogP contribution is 2.43. The highest BCUT2D eigenvalue weighted by atomic mass is 19.1. The second-order valence-corrected chi connectivity index (χ2v) is 5.76. The first kappa shape index (κ1) is 11.9. The Morgan fingerprint density at radius 1 is 1.33 bits per heavy atom. The van der Waals surface area contributed by atoms with Crippen LogP contribution in [0.2, 0.25) is 0 Å². The van der Waals surface area contributed by atoms with E-state index in [2.05, 4.69) is 28.9 Å². The van der Waals surface area contributed by atoms with Gasteiger partial charge in [0.25, 0.3) is 0 Å². The number of anilines is 1. The molecule has 0 N–H and O–H groups in total. The minimum absolute atomic E-state index is 0.202. The van der Waals surface area contributed by atoms with Gasteiger partial charge in [-0.25, -0.2) is 4.39 Å². The lowest BCUT2D eigenvalue weighted by Crippen LogP contribution is -2.36. The molecular weight excluding hydrogens is 229 g/mol. The fraction of sp³-hybridized carbons (Fsp3) is 0.643. The first-order valence-electron chi connectivity index (χ1n) is 6.67. The quantitative estimate of drug-likeness (QED) is 0.816. The Labute approximate surface area is 108 Å². The van der Waals surface area contributed by atoms with Gasteiger partial charge in [-0.3, -0.25) is 4.98 Å². The SMILES string of the molecule is CN(C)[C@H]1CN(c2ccncc2F)C[C@@H]1C1CC1. The average molecular weight is 249 g/mol. The topological polar surface area (TPSA) is 19.4 Å². The Balaban J connectivity index is 1.81. The van der Waals surface area contributed by atoms with Gasteiger partial charge in [-0.1, -0.05) is 0 Å². The minimum Gasteiger partial charge on any atom is -0.367 e. The van der Waals surface area contributed by atoms with E-state index in [1.54, 1.807) is 12.3 Å². The van der Waals surface area contributed by atoms with Crippen molar-refractivity contribution >= 4 is 5.69 Å². The molecule has 0 spiro atoms. The number of likely N-dealkylation sites (N-methyl/N-ethyl adjacent to an activating group) is 1. The van der Waals surface area contributed by atoms with Gasteiger partial charge in [-0.15, -0.1) is 0 Å². The Kier molecular flexibility index (Phi) is 2.98. The summed E-state index contributed by atoms with van der Waals surface area (Å²) < 4.78 is 13.8. The van der Waals surface area contributed by atoms with Crippen LogP contribution in [-0.2, 0) is 0 Å². The first-order chi connectivity index (χ1) is 8.66. The molecule has 1 aliphatic carbocycles. The van der Waals surface area contributed by atoms with Gasteiger partial charge in [-0.2, -0.15) is 0 Å². The third-order valence-corrected chi connectivity index (χ3v) is 4.32. The van der Waals surface area contributed by atoms with Crippen molar-refractivity contribution < 1.29 is 4.39 Å². The summed E-state index contributed by atoms with van der Waals surface area (Å²) in [5.74, 6) is 1.34. The second-order valence-electron chi connectivity index (χ2n) is 5.76. The Morgan fingerprint density at radius 3 is 2.72 bits per heavy atom. The van der Waals surface area contributed by atoms with E-state index in [0.29, 0.717) is 17.6 Å². The Hall–Kier alpha value is -1.16. The summed E-state index contributed by atoms with van der Waals surface area (Å²) >= 11 is 0. The number of pyridine rings is 1. The lowest BCUT2D eigenvalue weighted by atomic mass is 9.97. The molecule has 2 fully saturated rings. The number of nitrogens with zero attached hydrogens (tertiary/aromatic N) is 3. The molecule has 2 atom stereocenters. The van der Waals surface area contributed by atoms with Crippen LogP contribution in [-0.4, -0.2) is 43.1 Å². The Morgan fingerprint density at radius 2 is 2.11 bits per heavy atom. The number of hydrogen-bond acceptors (Lipinski definition) is 3. The van der Waals surface area contributed by atoms with Gasteiger partial charge in [0.1, 0.15) is 0 Å². The van der Waals surface area contributed by atoms with Crippen molar-refractivity contribution in [2.75, 3.05) is 32.1 Å². The van der Waals surface area contributed by atoms with Crippen molar-refractivity contribution in [3.8, 4) is 0 Å². The van der Waals surface area contributed by atoms with Crippen molar-refractivity contribution in [1.82, 2.24) is 9.88 Å². The molecule has 1 saturated carbocycles. The molecule has 0 unspecified atom stereocenters. The highest BCUT2D eigenvalue weighted by Gasteiger charge is 2.43. The molecule has 2 aliphatic rings. The van der Waals surface area contributed by atoms with E-state index in [-0.39, 0.29) is 5.82 Å². The fourth-order valence-electron chi connectivity index (χ4n) is 3.17. The highest BCUT2D eigenvalue weighted by molar-refractivity contribution is 5.48. The van der Waals surface area contributed by atoms with Crippen molar-refractivity contribution in [1.29, 1.82) is 0 Å². The summed E-state index contributed by atoms with van der Waals surface area (Å²) in [5.41, 5.74) is 0.708. The van der Waals surface area contributed by atoms with E-state index in [9.17, 15) is 4.39 Å². The molecule has 1 aromatic heterocycles. The predicted octanol–water partition coefficient (Wildman–Crippen LogP) is 2.00. The normalized spacial score (nSPS) is 28.1. The molecule has 98 valence electrons. The number of hydrogen-bond donors (Lipinski definition) is 0. The third kappa shape index (κ3) is 2.09. The van der Waals surface area contributed by atoms with Crippen molar-refractivity contribution in [2.24, 2.45) is 11.8 Å². The summed E-state index contributed by atoms with van der Waals surface area (Å²) in [6.45, 7) is 1.91. The van der Waals surface area contributed by atoms with E-state index in [0.717, 1.165) is 19.0 Å². The van der Waals surface area contributed by atoms with E-state index < -0.39 is 0 Å². The molecule has 3 rings (SSSR count). The molecule has 4 heteroatoms. The van der Waals surface area contributed by atoms with Crippen LogP contribution in [0.25, 0.3) is 0 Å². The van der Waals surface area contributed by atoms with E-state index in [1.165, 1.54) is 19.0 Å². The van der Waals surface area contributed by atoms with Crippen LogP contribution in [0.3, 0.4) is 0 Å². The first-order valence-corrected chi connectivity index (χ1v) is 6.67. The number of rotatable bonds is 3. The van der Waals surface area contributed by atoms with Crippen LogP contribution in [0.5, 0.6) is 0 Å². The van der Waals surface area contributed by atoms with E-state index >= 15 is 0 Å². The monoisotopic (exact) mass is 249 g/mol. The lowest BCUT2D eigenvalue weighted by Gasteiger charge is -2.24. The summed E-state index contributed by atoms with van der Waals surface area (Å²) in [6, 6.07) is 2.34.